The lowest BCUT2D eigenvalue weighted by Crippen LogP contribution is -2.39. The molecule has 0 radical (unpaired) electrons. The van der Waals surface area contributed by atoms with Crippen molar-refractivity contribution in [1.82, 2.24) is 10.6 Å². The molecule has 0 aliphatic heterocycles. The van der Waals surface area contributed by atoms with E-state index in [1.807, 2.05) is 0 Å². The predicted molar refractivity (Wildman–Crippen MR) is 130 cm³/mol. The van der Waals surface area contributed by atoms with Crippen LogP contribution in [0.15, 0.2) is 53.5 Å². The van der Waals surface area contributed by atoms with Gasteiger partial charge in [0.2, 0.25) is 0 Å². The van der Waals surface area contributed by atoms with Crippen molar-refractivity contribution in [1.29, 1.82) is 0 Å². The Kier molecular flexibility index (Phi) is 9.73. The highest BCUT2D eigenvalue weighted by molar-refractivity contribution is 14.0. The number of nitrogens with zero attached hydrogens (tertiary/aromatic N) is 1. The van der Waals surface area contributed by atoms with E-state index >= 15 is 0 Å². The average molecular weight is 509 g/mol. The van der Waals surface area contributed by atoms with E-state index < -0.39 is 0 Å². The van der Waals surface area contributed by atoms with Crippen LogP contribution in [0.4, 0.5) is 0 Å². The van der Waals surface area contributed by atoms with Gasteiger partial charge in [0.15, 0.2) is 5.96 Å². The fraction of sp³-hybridized carbons (Fsp3) is 0.435. The highest BCUT2D eigenvalue weighted by atomic mass is 127. The van der Waals surface area contributed by atoms with E-state index in [9.17, 15) is 0 Å². The van der Waals surface area contributed by atoms with Gasteiger partial charge in [-0.3, -0.25) is 0 Å². The maximum absolute atomic E-state index is 5.88. The third-order valence-electron chi connectivity index (χ3n) is 4.86. The summed E-state index contributed by atoms with van der Waals surface area (Å²) in [5.41, 5.74) is 3.64. The quantitative estimate of drug-likeness (QED) is 0.230. The fourth-order valence-electron chi connectivity index (χ4n) is 3.24. The number of rotatable bonds is 9. The zero-order valence-corrected chi connectivity index (χ0v) is 19.8. The highest BCUT2D eigenvalue weighted by Crippen LogP contribution is 2.40. The maximum atomic E-state index is 5.88. The number of guanidine groups is 1. The molecule has 2 N–H and O–H groups in total. The Hall–Kier alpha value is -1.80. The summed E-state index contributed by atoms with van der Waals surface area (Å²) >= 11 is 0. The Morgan fingerprint density at radius 3 is 2.66 bits per heavy atom. The first-order chi connectivity index (χ1) is 13.7. The molecule has 2 aromatic rings. The summed E-state index contributed by atoms with van der Waals surface area (Å²) in [4.78, 5) is 4.79. The van der Waals surface area contributed by atoms with Crippen LogP contribution >= 0.6 is 24.0 Å². The summed E-state index contributed by atoms with van der Waals surface area (Å²) in [5, 5.41) is 6.93. The number of aryl methyl sites for hydroxylation is 1. The van der Waals surface area contributed by atoms with Crippen LogP contribution in [0, 0.1) is 6.92 Å². The Labute approximate surface area is 191 Å². The molecule has 0 spiro atoms. The lowest BCUT2D eigenvalue weighted by Gasteiger charge is -2.14. The van der Waals surface area contributed by atoms with E-state index in [2.05, 4.69) is 73.0 Å². The molecule has 2 atom stereocenters. The molecule has 0 bridgehead atoms. The minimum absolute atomic E-state index is 0. The summed E-state index contributed by atoms with van der Waals surface area (Å²) in [6.07, 6.45) is 1.14. The van der Waals surface area contributed by atoms with E-state index in [4.69, 9.17) is 14.5 Å². The van der Waals surface area contributed by atoms with Crippen molar-refractivity contribution in [2.45, 2.75) is 38.8 Å². The standard InChI is InChI=1S/C23H31N3O2.HI/c1-4-24-23(26-21-15-20(21)18-8-6-5-7-9-18)25-16-19-11-10-17(2)14-22(19)28-13-12-27-3;/h5-11,14,20-21H,4,12-13,15-16H2,1-3H3,(H2,24,25,26);1H. The monoisotopic (exact) mass is 509 g/mol. The van der Waals surface area contributed by atoms with Gasteiger partial charge in [-0.15, -0.1) is 24.0 Å². The van der Waals surface area contributed by atoms with E-state index in [0.717, 1.165) is 30.2 Å². The van der Waals surface area contributed by atoms with Crippen molar-refractivity contribution in [2.75, 3.05) is 26.9 Å². The maximum Gasteiger partial charge on any atom is 0.191 e. The largest absolute Gasteiger partial charge is 0.491 e. The first kappa shape index (κ1) is 23.5. The van der Waals surface area contributed by atoms with E-state index in [1.54, 1.807) is 7.11 Å². The average Bonchev–Trinajstić information content (AvgIpc) is 3.47. The van der Waals surface area contributed by atoms with Gasteiger partial charge in [0.25, 0.3) is 0 Å². The summed E-state index contributed by atoms with van der Waals surface area (Å²) in [6, 6.07) is 17.4. The summed E-state index contributed by atoms with van der Waals surface area (Å²) in [6.45, 7) is 6.67. The molecule has 29 heavy (non-hydrogen) atoms. The number of methoxy groups -OCH3 is 1. The molecule has 2 unspecified atom stereocenters. The highest BCUT2D eigenvalue weighted by Gasteiger charge is 2.38. The smallest absolute Gasteiger partial charge is 0.191 e. The predicted octanol–water partition coefficient (Wildman–Crippen LogP) is 4.25. The summed E-state index contributed by atoms with van der Waals surface area (Å²) in [7, 11) is 1.68. The van der Waals surface area contributed by atoms with Crippen molar-refractivity contribution >= 4 is 29.9 Å². The first-order valence-corrected chi connectivity index (χ1v) is 10.0. The number of nitrogens with one attached hydrogen (secondary N) is 2. The van der Waals surface area contributed by atoms with Gasteiger partial charge in [-0.2, -0.15) is 0 Å². The van der Waals surface area contributed by atoms with Crippen molar-refractivity contribution < 1.29 is 9.47 Å². The second-order valence-electron chi connectivity index (χ2n) is 7.15. The van der Waals surface area contributed by atoms with Crippen LogP contribution in [0.25, 0.3) is 0 Å². The SMILES string of the molecule is CCNC(=NCc1ccc(C)cc1OCCOC)NC1CC1c1ccccc1.I. The summed E-state index contributed by atoms with van der Waals surface area (Å²) < 4.78 is 11.0. The zero-order valence-electron chi connectivity index (χ0n) is 17.5. The van der Waals surface area contributed by atoms with Crippen LogP contribution in [0.5, 0.6) is 5.75 Å². The molecule has 1 saturated carbocycles. The van der Waals surface area contributed by atoms with Crippen molar-refractivity contribution in [2.24, 2.45) is 4.99 Å². The molecule has 5 nitrogen and oxygen atoms in total. The van der Waals surface area contributed by atoms with Gasteiger partial charge in [-0.05, 0) is 37.5 Å². The molecular weight excluding hydrogens is 477 g/mol. The Bertz CT molecular complexity index is 783. The van der Waals surface area contributed by atoms with Gasteiger partial charge in [-0.1, -0.05) is 42.5 Å². The molecule has 1 fully saturated rings. The molecule has 1 aliphatic rings. The number of aliphatic imine (C=N–C) groups is 1. The second kappa shape index (κ2) is 12.0. The van der Waals surface area contributed by atoms with Crippen molar-refractivity contribution in [3.05, 3.63) is 65.2 Å². The zero-order chi connectivity index (χ0) is 19.8. The Morgan fingerprint density at radius 2 is 1.93 bits per heavy atom. The number of halogens is 1. The van der Waals surface area contributed by atoms with E-state index in [0.29, 0.717) is 31.7 Å². The number of hydrogen-bond donors (Lipinski definition) is 2. The second-order valence-corrected chi connectivity index (χ2v) is 7.15. The van der Waals surface area contributed by atoms with Gasteiger partial charge in [-0.25, -0.2) is 4.99 Å². The number of hydrogen-bond acceptors (Lipinski definition) is 3. The van der Waals surface area contributed by atoms with Crippen molar-refractivity contribution in [3.8, 4) is 5.75 Å². The molecule has 1 aliphatic carbocycles. The minimum atomic E-state index is 0. The molecular formula is C23H32IN3O2. The third kappa shape index (κ3) is 7.19. The third-order valence-corrected chi connectivity index (χ3v) is 4.86. The van der Waals surface area contributed by atoms with Crippen LogP contribution in [-0.2, 0) is 11.3 Å². The molecule has 0 aromatic heterocycles. The summed E-state index contributed by atoms with van der Waals surface area (Å²) in [5.74, 6) is 2.30. The van der Waals surface area contributed by atoms with E-state index in [-0.39, 0.29) is 24.0 Å². The number of ether oxygens (including phenoxy) is 2. The Morgan fingerprint density at radius 1 is 1.14 bits per heavy atom. The fourth-order valence-corrected chi connectivity index (χ4v) is 3.24. The lowest BCUT2D eigenvalue weighted by molar-refractivity contribution is 0.145. The lowest BCUT2D eigenvalue weighted by atomic mass is 10.1. The molecule has 158 valence electrons. The molecule has 0 heterocycles. The van der Waals surface area contributed by atoms with Crippen LogP contribution in [0.2, 0.25) is 0 Å². The van der Waals surface area contributed by atoms with E-state index in [1.165, 1.54) is 11.1 Å². The molecule has 3 rings (SSSR count). The van der Waals surface area contributed by atoms with Crippen LogP contribution in [-0.4, -0.2) is 38.9 Å². The molecule has 2 aromatic carbocycles. The number of benzene rings is 2. The minimum Gasteiger partial charge on any atom is -0.491 e. The van der Waals surface area contributed by atoms with Crippen LogP contribution in [0.1, 0.15) is 36.0 Å². The van der Waals surface area contributed by atoms with Gasteiger partial charge in [0, 0.05) is 31.2 Å². The van der Waals surface area contributed by atoms with Crippen LogP contribution in [0.3, 0.4) is 0 Å². The van der Waals surface area contributed by atoms with Gasteiger partial charge in [0.05, 0.1) is 13.2 Å². The molecule has 0 amide bonds. The first-order valence-electron chi connectivity index (χ1n) is 10.0. The molecule has 0 saturated heterocycles. The van der Waals surface area contributed by atoms with Gasteiger partial charge >= 0.3 is 0 Å². The normalized spacial score (nSPS) is 18.0. The Balaban J connectivity index is 0.00000300. The molecule has 6 heteroatoms. The van der Waals surface area contributed by atoms with Gasteiger partial charge < -0.3 is 20.1 Å². The van der Waals surface area contributed by atoms with Crippen molar-refractivity contribution in [3.63, 3.8) is 0 Å². The topological polar surface area (TPSA) is 54.9 Å². The van der Waals surface area contributed by atoms with Crippen LogP contribution < -0.4 is 15.4 Å². The van der Waals surface area contributed by atoms with Gasteiger partial charge in [0.1, 0.15) is 12.4 Å².